The molecule has 264 valence electrons. The molecule has 0 saturated carbocycles. The van der Waals surface area contributed by atoms with Crippen LogP contribution in [0.4, 0.5) is 0 Å². The number of methoxy groups -OCH3 is 1. The molecule has 3 aromatic rings. The fourth-order valence-corrected chi connectivity index (χ4v) is 7.66. The number of benzene rings is 3. The summed E-state index contributed by atoms with van der Waals surface area (Å²) in [6, 6.07) is 21.0. The van der Waals surface area contributed by atoms with Crippen LogP contribution in [-0.4, -0.2) is 72.8 Å². The van der Waals surface area contributed by atoms with Gasteiger partial charge in [-0.3, -0.25) is 4.79 Å². The van der Waals surface area contributed by atoms with E-state index in [2.05, 4.69) is 39.6 Å². The van der Waals surface area contributed by atoms with Crippen molar-refractivity contribution in [3.63, 3.8) is 0 Å². The first-order valence-electron chi connectivity index (χ1n) is 15.6. The van der Waals surface area contributed by atoms with E-state index in [9.17, 15) is 29.1 Å². The van der Waals surface area contributed by atoms with Gasteiger partial charge in [0.2, 0.25) is 5.91 Å². The van der Waals surface area contributed by atoms with Gasteiger partial charge in [0.1, 0.15) is 11.5 Å². The van der Waals surface area contributed by atoms with Crippen LogP contribution < -0.4 is 41.3 Å². The average Bonchev–Trinajstić information content (AvgIpc) is 3.07. The Kier molecular flexibility index (Phi) is 16.4. The number of aliphatic carboxylic acids is 1. The number of carboxylic acids is 1. The van der Waals surface area contributed by atoms with Gasteiger partial charge in [-0.15, -0.1) is 0 Å². The Bertz CT molecular complexity index is 1570. The molecule has 0 unspecified atom stereocenters. The molecular weight excluding hydrogens is 763 g/mol. The number of hydrogen-bond acceptors (Lipinski definition) is 9. The Labute approximate surface area is 301 Å². The molecule has 11 nitrogen and oxygen atoms in total. The van der Waals surface area contributed by atoms with Gasteiger partial charge >= 0.3 is 179 Å². The van der Waals surface area contributed by atoms with Crippen LogP contribution >= 0.6 is 11.8 Å². The number of amides is 2. The second-order valence-corrected chi connectivity index (χ2v) is 15.2. The molecule has 0 heterocycles. The molecule has 0 radical (unpaired) electrons. The van der Waals surface area contributed by atoms with Crippen LogP contribution in [0.3, 0.4) is 0 Å². The largest absolute Gasteiger partial charge is 0.0603 e. The van der Waals surface area contributed by atoms with Crippen molar-refractivity contribution < 1.29 is 64.5 Å². The molecule has 0 aliphatic rings. The molecule has 3 aromatic carbocycles. The molecule has 0 aliphatic carbocycles. The number of Topliss-reactive ketones (excluding diaryl/α,β-unsaturated/α-hetero) is 1. The maximum atomic E-state index is 13.4. The number of ether oxygens (including phenoxy) is 3. The number of carbonyl (C=O) groups is 5. The smallest absolute Gasteiger partial charge is 0.0176 e. The summed E-state index contributed by atoms with van der Waals surface area (Å²) < 4.78 is 18.3. The van der Waals surface area contributed by atoms with E-state index in [1.165, 1.54) is 26.0 Å². The van der Waals surface area contributed by atoms with E-state index in [1.54, 1.807) is 39.0 Å². The Hall–Kier alpha value is -4.11. The summed E-state index contributed by atoms with van der Waals surface area (Å²) in [4.78, 5) is 62.8. The van der Waals surface area contributed by atoms with Gasteiger partial charge in [-0.2, -0.15) is 0 Å². The molecule has 0 aromatic heterocycles. The summed E-state index contributed by atoms with van der Waals surface area (Å²) >= 11 is 1.06. The number of ketones is 1. The van der Waals surface area contributed by atoms with Crippen molar-refractivity contribution >= 4 is 41.3 Å². The number of carbonyl (C=O) groups excluding carboxylic acids is 4. The van der Waals surface area contributed by atoms with E-state index in [4.69, 9.17) is 9.47 Å². The first-order chi connectivity index (χ1) is 23.5. The molecule has 0 saturated heterocycles. The maximum absolute atomic E-state index is 13.4. The minimum atomic E-state index is -1.26. The minimum absolute atomic E-state index is 0.00419. The molecule has 13 heteroatoms. The molecule has 2 amide bonds. The van der Waals surface area contributed by atoms with E-state index in [-0.39, 0.29) is 45.9 Å². The molecule has 3 rings (SSSR count). The van der Waals surface area contributed by atoms with Gasteiger partial charge in [0.15, 0.2) is 6.61 Å². The summed E-state index contributed by atoms with van der Waals surface area (Å²) in [7, 11) is 1.24. The first kappa shape index (κ1) is 39.3. The Morgan fingerprint density at radius 2 is 1.59 bits per heavy atom. The molecule has 0 spiro atoms. The van der Waals surface area contributed by atoms with Gasteiger partial charge < -0.3 is 19.5 Å². The van der Waals surface area contributed by atoms with Crippen LogP contribution in [0.5, 0.6) is 11.5 Å². The predicted octanol–water partition coefficient (Wildman–Crippen LogP) is 0.911. The zero-order chi connectivity index (χ0) is 35.8. The standard InChI is InChI=1S/C36H42IN2O9S/c1-5-47-31-16-15-28(48-20-34(44)46-4)17-25(31)18-32(41)39-35(23(2)3)36(45)38-29(19-33(42)43)30(40)22-49-21-24-11-13-27(14-12-24)37-26-9-7-6-8-10-26/h6-17,23,29,35H,5,18-22H2,1-4H3,(H,38,45)(H,39,41)(H,42,43)/q-1/t29-,35-/m0/s1. The number of thioether (sulfide) groups is 1. The summed E-state index contributed by atoms with van der Waals surface area (Å²) in [5, 5.41) is 14.8. The maximum Gasteiger partial charge on any atom is -0.0176 e. The monoisotopic (exact) mass is 805 g/mol. The minimum Gasteiger partial charge on any atom is -0.0603 e. The number of rotatable bonds is 20. The Morgan fingerprint density at radius 3 is 2.22 bits per heavy atom. The summed E-state index contributed by atoms with van der Waals surface area (Å²) in [6.45, 7) is 5.28. The second kappa shape index (κ2) is 20.4. The van der Waals surface area contributed by atoms with Crippen molar-refractivity contribution in [2.24, 2.45) is 5.92 Å². The molecule has 3 N–H and O–H groups in total. The van der Waals surface area contributed by atoms with Gasteiger partial charge in [0.05, 0.1) is 20.1 Å². The van der Waals surface area contributed by atoms with E-state index in [1.807, 2.05) is 30.3 Å². The normalized spacial score (nSPS) is 12.1. The van der Waals surface area contributed by atoms with Gasteiger partial charge in [-0.1, -0.05) is 13.8 Å². The van der Waals surface area contributed by atoms with E-state index in [0.717, 1.165) is 5.56 Å². The quantitative estimate of drug-likeness (QED) is 0.111. The number of carboxylic acid groups (broad SMARTS) is 1. The third kappa shape index (κ3) is 13.7. The van der Waals surface area contributed by atoms with Gasteiger partial charge in [-0.05, 0) is 31.0 Å². The summed E-state index contributed by atoms with van der Waals surface area (Å²) in [5.74, 6) is -2.47. The van der Waals surface area contributed by atoms with Crippen molar-refractivity contribution in [2.75, 3.05) is 26.1 Å². The predicted molar refractivity (Wildman–Crippen MR) is 181 cm³/mol. The third-order valence-electron chi connectivity index (χ3n) is 6.99. The van der Waals surface area contributed by atoms with Crippen LogP contribution in [-0.2, 0) is 40.9 Å². The molecular formula is C36H42IN2O9S-. The van der Waals surface area contributed by atoms with Crippen LogP contribution in [0, 0.1) is 13.1 Å². The van der Waals surface area contributed by atoms with E-state index >= 15 is 0 Å². The first-order valence-corrected chi connectivity index (χ1v) is 19.0. The molecule has 49 heavy (non-hydrogen) atoms. The van der Waals surface area contributed by atoms with Crippen molar-refractivity contribution in [3.8, 4) is 11.5 Å². The number of nitrogens with one attached hydrogen (secondary N) is 2. The van der Waals surface area contributed by atoms with Crippen molar-refractivity contribution in [1.29, 1.82) is 0 Å². The van der Waals surface area contributed by atoms with Gasteiger partial charge in [0, 0.05) is 5.56 Å². The fraction of sp³-hybridized carbons (Fsp3) is 0.361. The molecule has 0 aliphatic heterocycles. The molecule has 0 bridgehead atoms. The van der Waals surface area contributed by atoms with Crippen LogP contribution in [0.2, 0.25) is 0 Å². The summed E-state index contributed by atoms with van der Waals surface area (Å²) in [5.41, 5.74) is 1.50. The number of hydrogen-bond donors (Lipinski definition) is 3. The number of halogens is 1. The Balaban J connectivity index is 1.59. The van der Waals surface area contributed by atoms with Crippen LogP contribution in [0.1, 0.15) is 38.3 Å². The fourth-order valence-electron chi connectivity index (χ4n) is 4.51. The van der Waals surface area contributed by atoms with Crippen LogP contribution in [0.15, 0.2) is 72.8 Å². The van der Waals surface area contributed by atoms with Crippen molar-refractivity contribution in [1.82, 2.24) is 10.6 Å². The average molecular weight is 806 g/mol. The van der Waals surface area contributed by atoms with Gasteiger partial charge in [-0.25, -0.2) is 4.79 Å². The van der Waals surface area contributed by atoms with Gasteiger partial charge in [0.25, 0.3) is 0 Å². The summed E-state index contributed by atoms with van der Waals surface area (Å²) in [6.07, 6.45) is -0.762. The van der Waals surface area contributed by atoms with Crippen molar-refractivity contribution in [3.05, 3.63) is 91.1 Å². The Morgan fingerprint density at radius 1 is 0.898 bits per heavy atom. The molecule has 0 fully saturated rings. The van der Waals surface area contributed by atoms with Crippen LogP contribution in [0.25, 0.3) is 0 Å². The zero-order valence-electron chi connectivity index (χ0n) is 27.9. The van der Waals surface area contributed by atoms with E-state index in [0.29, 0.717) is 29.4 Å². The second-order valence-electron chi connectivity index (χ2n) is 11.2. The van der Waals surface area contributed by atoms with Crippen molar-refractivity contribution in [2.45, 2.75) is 51.4 Å². The molecule has 2 atom stereocenters. The number of esters is 1. The zero-order valence-corrected chi connectivity index (χ0v) is 30.9. The SMILES string of the molecule is CCOc1ccc(OCC(=O)OC)cc1CC(=O)N[C@H](C(=O)N[C@@H](CC(=O)O)C(=O)CSCc1ccc([I-]c2ccccc2)cc1)C(C)C. The third-order valence-corrected chi connectivity index (χ3v) is 10.7. The van der Waals surface area contributed by atoms with E-state index < -0.39 is 48.0 Å². The topological polar surface area (TPSA) is 157 Å².